The molecule has 1 N–H and O–H groups in total. The van der Waals surface area contributed by atoms with Crippen molar-refractivity contribution in [3.8, 4) is 5.75 Å². The average Bonchev–Trinajstić information content (AvgIpc) is 2.60. The number of allylic oxidation sites excluding steroid dienone is 1. The summed E-state index contributed by atoms with van der Waals surface area (Å²) in [5, 5.41) is 10.9. The molecule has 0 aliphatic carbocycles. The van der Waals surface area contributed by atoms with E-state index in [0.29, 0.717) is 11.1 Å². The number of phenolic OH excluding ortho intramolecular Hbond substituents is 1. The Labute approximate surface area is 177 Å². The Balaban J connectivity index is 2.67. The highest BCUT2D eigenvalue weighted by molar-refractivity contribution is 6.15. The molecule has 2 nitrogen and oxygen atoms in total. The highest BCUT2D eigenvalue weighted by atomic mass is 19.4. The lowest BCUT2D eigenvalue weighted by Crippen LogP contribution is -2.17. The minimum Gasteiger partial charge on any atom is -0.507 e. The Kier molecular flexibility index (Phi) is 6.55. The van der Waals surface area contributed by atoms with Gasteiger partial charge in [-0.15, -0.1) is 0 Å². The predicted octanol–water partition coefficient (Wildman–Crippen LogP) is 7.25. The van der Waals surface area contributed by atoms with Gasteiger partial charge in [0.15, 0.2) is 0 Å². The van der Waals surface area contributed by atoms with Crippen LogP contribution in [-0.2, 0) is 17.0 Å². The van der Waals surface area contributed by atoms with Crippen molar-refractivity contribution in [2.24, 2.45) is 4.99 Å². The van der Waals surface area contributed by atoms with Gasteiger partial charge in [0, 0.05) is 30.0 Å². The fourth-order valence-corrected chi connectivity index (χ4v) is 3.25. The lowest BCUT2D eigenvalue weighted by Gasteiger charge is -2.28. The van der Waals surface area contributed by atoms with E-state index >= 15 is 0 Å². The molecular formula is C25H30F3NO. The van der Waals surface area contributed by atoms with Crippen LogP contribution in [0, 0.1) is 0 Å². The molecular weight excluding hydrogens is 387 g/mol. The minimum atomic E-state index is -4.37. The van der Waals surface area contributed by atoms with Gasteiger partial charge in [-0.25, -0.2) is 0 Å². The van der Waals surface area contributed by atoms with Crippen LogP contribution in [0.5, 0.6) is 5.75 Å². The van der Waals surface area contributed by atoms with Gasteiger partial charge in [-0.2, -0.15) is 13.2 Å². The number of benzene rings is 2. The maximum absolute atomic E-state index is 12.9. The van der Waals surface area contributed by atoms with E-state index in [1.54, 1.807) is 13.3 Å². The maximum atomic E-state index is 12.9. The van der Waals surface area contributed by atoms with E-state index in [2.05, 4.69) is 4.99 Å². The second kappa shape index (κ2) is 8.29. The molecule has 0 saturated heterocycles. The summed E-state index contributed by atoms with van der Waals surface area (Å²) in [6.07, 6.45) is -0.857. The maximum Gasteiger partial charge on any atom is 0.416 e. The molecule has 0 spiro atoms. The monoisotopic (exact) mass is 417 g/mol. The molecule has 2 rings (SSSR count). The number of rotatable bonds is 3. The van der Waals surface area contributed by atoms with Gasteiger partial charge in [0.1, 0.15) is 5.75 Å². The third kappa shape index (κ3) is 5.53. The van der Waals surface area contributed by atoms with Crippen molar-refractivity contribution >= 4 is 17.9 Å². The van der Waals surface area contributed by atoms with Gasteiger partial charge in [-0.1, -0.05) is 53.7 Å². The second-order valence-electron chi connectivity index (χ2n) is 9.53. The Hall–Kier alpha value is -2.56. The number of halogens is 3. The first-order valence-corrected chi connectivity index (χ1v) is 9.84. The Bertz CT molecular complexity index is 919. The largest absolute Gasteiger partial charge is 0.507 e. The van der Waals surface area contributed by atoms with E-state index in [1.807, 2.05) is 59.8 Å². The van der Waals surface area contributed by atoms with Gasteiger partial charge in [0.05, 0.1) is 5.56 Å². The molecule has 0 bridgehead atoms. The van der Waals surface area contributed by atoms with Crippen molar-refractivity contribution in [1.29, 1.82) is 0 Å². The van der Waals surface area contributed by atoms with Crippen LogP contribution in [-0.4, -0.2) is 18.4 Å². The summed E-state index contributed by atoms with van der Waals surface area (Å²) in [7, 11) is 1.62. The molecule has 0 amide bonds. The number of aromatic hydroxyl groups is 1. The average molecular weight is 418 g/mol. The Morgan fingerprint density at radius 3 is 1.70 bits per heavy atom. The van der Waals surface area contributed by atoms with Crippen molar-refractivity contribution in [1.82, 2.24) is 0 Å². The van der Waals surface area contributed by atoms with Crippen LogP contribution in [0.25, 0.3) is 11.6 Å². The molecule has 0 aliphatic rings. The number of aliphatic imine (C=N–C) groups is 1. The highest BCUT2D eigenvalue weighted by Crippen LogP contribution is 2.40. The lowest BCUT2D eigenvalue weighted by atomic mass is 9.78. The molecule has 162 valence electrons. The van der Waals surface area contributed by atoms with Crippen LogP contribution in [0.2, 0.25) is 0 Å². The first kappa shape index (κ1) is 23.7. The molecule has 5 heteroatoms. The molecule has 2 aromatic carbocycles. The van der Waals surface area contributed by atoms with E-state index in [1.165, 1.54) is 12.1 Å². The highest BCUT2D eigenvalue weighted by Gasteiger charge is 2.30. The van der Waals surface area contributed by atoms with E-state index in [-0.39, 0.29) is 16.6 Å². The fraction of sp³-hybridized carbons (Fsp3) is 0.400. The second-order valence-corrected chi connectivity index (χ2v) is 9.53. The molecule has 0 unspecified atom stereocenters. The van der Waals surface area contributed by atoms with Crippen molar-refractivity contribution in [3.63, 3.8) is 0 Å². The van der Waals surface area contributed by atoms with Gasteiger partial charge < -0.3 is 5.11 Å². The third-order valence-electron chi connectivity index (χ3n) is 4.88. The summed E-state index contributed by atoms with van der Waals surface area (Å²) in [6.45, 7) is 12.2. The molecule has 0 aliphatic heterocycles. The zero-order valence-electron chi connectivity index (χ0n) is 18.6. The fourth-order valence-electron chi connectivity index (χ4n) is 3.25. The SMILES string of the molecule is CN=C/C(=C\c1cc(C(C)(C)C)c(O)c(C(C)(C)C)c1)c1ccc(C(F)(F)F)cc1. The summed E-state index contributed by atoms with van der Waals surface area (Å²) < 4.78 is 38.7. The topological polar surface area (TPSA) is 32.6 Å². The molecule has 0 heterocycles. The number of hydrogen-bond donors (Lipinski definition) is 1. The Morgan fingerprint density at radius 1 is 0.867 bits per heavy atom. The van der Waals surface area contributed by atoms with E-state index < -0.39 is 11.7 Å². The summed E-state index contributed by atoms with van der Waals surface area (Å²) in [5.41, 5.74) is 2.59. The molecule has 30 heavy (non-hydrogen) atoms. The summed E-state index contributed by atoms with van der Waals surface area (Å²) in [5.74, 6) is 0.285. The number of nitrogens with zero attached hydrogens (tertiary/aromatic N) is 1. The minimum absolute atomic E-state index is 0.276. The lowest BCUT2D eigenvalue weighted by molar-refractivity contribution is -0.137. The van der Waals surface area contributed by atoms with Crippen molar-refractivity contribution in [2.75, 3.05) is 7.05 Å². The van der Waals surface area contributed by atoms with E-state index in [0.717, 1.165) is 28.8 Å². The molecule has 0 fully saturated rings. The zero-order valence-corrected chi connectivity index (χ0v) is 18.6. The smallest absolute Gasteiger partial charge is 0.416 e. The first-order valence-electron chi connectivity index (χ1n) is 9.84. The van der Waals surface area contributed by atoms with Crippen LogP contribution in [0.4, 0.5) is 13.2 Å². The van der Waals surface area contributed by atoms with Crippen LogP contribution in [0.15, 0.2) is 41.4 Å². The Morgan fingerprint density at radius 2 is 1.33 bits per heavy atom. The van der Waals surface area contributed by atoms with Crippen LogP contribution in [0.3, 0.4) is 0 Å². The van der Waals surface area contributed by atoms with Crippen LogP contribution >= 0.6 is 0 Å². The van der Waals surface area contributed by atoms with Crippen LogP contribution < -0.4 is 0 Å². The quantitative estimate of drug-likeness (QED) is 0.414. The first-order chi connectivity index (χ1) is 13.6. The van der Waals surface area contributed by atoms with Crippen molar-refractivity contribution < 1.29 is 18.3 Å². The third-order valence-corrected chi connectivity index (χ3v) is 4.88. The summed E-state index contributed by atoms with van der Waals surface area (Å²) in [4.78, 5) is 4.07. The van der Waals surface area contributed by atoms with Gasteiger partial charge in [-0.3, -0.25) is 4.99 Å². The molecule has 2 aromatic rings. The molecule has 0 atom stereocenters. The summed E-state index contributed by atoms with van der Waals surface area (Å²) in [6, 6.07) is 8.91. The van der Waals surface area contributed by atoms with Crippen molar-refractivity contribution in [2.45, 2.75) is 58.5 Å². The van der Waals surface area contributed by atoms with Crippen molar-refractivity contribution in [3.05, 3.63) is 64.2 Å². The van der Waals surface area contributed by atoms with Gasteiger partial charge in [-0.05, 0) is 52.3 Å². The predicted molar refractivity (Wildman–Crippen MR) is 119 cm³/mol. The number of alkyl halides is 3. The van der Waals surface area contributed by atoms with Gasteiger partial charge in [0.25, 0.3) is 0 Å². The standard InChI is InChI=1S/C25H30F3NO/c1-23(2,3)20-13-16(14-21(22(20)30)24(4,5)6)12-18(15-29-7)17-8-10-19(11-9-17)25(26,27)28/h8-15,30H,1-7H3/b18-12+,29-15?. The van der Waals surface area contributed by atoms with Crippen LogP contribution in [0.1, 0.15) is 69.4 Å². The molecule has 0 saturated carbocycles. The van der Waals surface area contributed by atoms with E-state index in [4.69, 9.17) is 0 Å². The van der Waals surface area contributed by atoms with E-state index in [9.17, 15) is 18.3 Å². The molecule has 0 radical (unpaired) electrons. The number of phenols is 1. The van der Waals surface area contributed by atoms with Gasteiger partial charge in [0.2, 0.25) is 0 Å². The summed E-state index contributed by atoms with van der Waals surface area (Å²) >= 11 is 0. The molecule has 0 aromatic heterocycles. The number of hydrogen-bond acceptors (Lipinski definition) is 2. The van der Waals surface area contributed by atoms with Gasteiger partial charge >= 0.3 is 6.18 Å². The normalized spacial score (nSPS) is 13.9. The zero-order chi connectivity index (χ0) is 22.9.